The van der Waals surface area contributed by atoms with Crippen molar-refractivity contribution in [3.8, 4) is 0 Å². The average Bonchev–Trinajstić information content (AvgIpc) is 2.70. The molecule has 1 amide bonds. The van der Waals surface area contributed by atoms with Crippen molar-refractivity contribution in [2.75, 3.05) is 0 Å². The lowest BCUT2D eigenvalue weighted by Gasteiger charge is -2.32. The van der Waals surface area contributed by atoms with Crippen molar-refractivity contribution in [3.05, 3.63) is 102 Å². The van der Waals surface area contributed by atoms with Gasteiger partial charge in [-0.3, -0.25) is 9.78 Å². The number of hydrogen-bond donors (Lipinski definition) is 1. The van der Waals surface area contributed by atoms with Gasteiger partial charge in [-0.15, -0.1) is 0 Å². The molecule has 0 bridgehead atoms. The minimum absolute atomic E-state index is 0.0520. The Kier molecular flexibility index (Phi) is 5.80. The van der Waals surface area contributed by atoms with Gasteiger partial charge in [0.05, 0.1) is 5.54 Å². The van der Waals surface area contributed by atoms with E-state index in [1.807, 2.05) is 54.6 Å². The van der Waals surface area contributed by atoms with Crippen LogP contribution >= 0.6 is 0 Å². The summed E-state index contributed by atoms with van der Waals surface area (Å²) in [5.41, 5.74) is 2.62. The normalized spacial score (nSPS) is 11.1. The molecule has 0 saturated heterocycles. The van der Waals surface area contributed by atoms with Crippen LogP contribution in [0.3, 0.4) is 0 Å². The topological polar surface area (TPSA) is 42.0 Å². The fraction of sp³-hybridized carbons (Fsp3) is 0.217. The van der Waals surface area contributed by atoms with E-state index in [-0.39, 0.29) is 5.91 Å². The molecule has 0 aliphatic heterocycles. The minimum atomic E-state index is -0.551. The summed E-state index contributed by atoms with van der Waals surface area (Å²) in [6.45, 7) is 2.06. The van der Waals surface area contributed by atoms with Gasteiger partial charge in [0.2, 0.25) is 5.91 Å². The molecule has 0 aliphatic rings. The Hall–Kier alpha value is -2.94. The van der Waals surface area contributed by atoms with Gasteiger partial charge in [0.15, 0.2) is 0 Å². The van der Waals surface area contributed by atoms with E-state index in [2.05, 4.69) is 41.5 Å². The Morgan fingerprint density at radius 1 is 0.885 bits per heavy atom. The number of carbonyl (C=O) groups excluding carboxylic acids is 1. The molecule has 0 saturated carbocycles. The molecule has 2 aromatic carbocycles. The maximum Gasteiger partial charge on any atom is 0.220 e. The highest BCUT2D eigenvalue weighted by atomic mass is 16.1. The second kappa shape index (κ2) is 8.43. The summed E-state index contributed by atoms with van der Waals surface area (Å²) in [6, 6.07) is 26.1. The van der Waals surface area contributed by atoms with Gasteiger partial charge >= 0.3 is 0 Å². The highest BCUT2D eigenvalue weighted by molar-refractivity contribution is 5.77. The summed E-state index contributed by atoms with van der Waals surface area (Å²) >= 11 is 0. The predicted molar refractivity (Wildman–Crippen MR) is 105 cm³/mol. The molecule has 1 heterocycles. The number of aryl methyl sites for hydroxylation is 1. The standard InChI is InChI=1S/C23H24N2O/c1-23(19-11-4-2-5-12-19,20-13-6-3-7-14-20)25-22(26)17-10-16-21-15-8-9-18-24-21/h2-9,11-15,18H,10,16-17H2,1H3,(H,25,26). The molecule has 3 heteroatoms. The summed E-state index contributed by atoms with van der Waals surface area (Å²) in [5, 5.41) is 3.25. The maximum atomic E-state index is 12.7. The lowest BCUT2D eigenvalue weighted by atomic mass is 9.84. The van der Waals surface area contributed by atoms with E-state index in [0.717, 1.165) is 29.7 Å². The monoisotopic (exact) mass is 344 g/mol. The lowest BCUT2D eigenvalue weighted by Crippen LogP contribution is -2.44. The molecule has 1 N–H and O–H groups in total. The molecule has 3 nitrogen and oxygen atoms in total. The van der Waals surface area contributed by atoms with Crippen molar-refractivity contribution in [1.82, 2.24) is 10.3 Å². The first-order chi connectivity index (χ1) is 12.7. The van der Waals surface area contributed by atoms with E-state index >= 15 is 0 Å². The summed E-state index contributed by atoms with van der Waals surface area (Å²) in [7, 11) is 0. The van der Waals surface area contributed by atoms with Gasteiger partial charge in [0.25, 0.3) is 0 Å². The predicted octanol–water partition coefficient (Wildman–Crippen LogP) is 4.48. The van der Waals surface area contributed by atoms with Gasteiger partial charge in [-0.2, -0.15) is 0 Å². The van der Waals surface area contributed by atoms with Crippen LogP contribution < -0.4 is 5.32 Å². The zero-order valence-corrected chi connectivity index (χ0v) is 15.1. The van der Waals surface area contributed by atoms with Gasteiger partial charge in [-0.1, -0.05) is 66.7 Å². The molecule has 0 unspecified atom stereocenters. The van der Waals surface area contributed by atoms with E-state index in [0.29, 0.717) is 6.42 Å². The SMILES string of the molecule is CC(NC(=O)CCCc1ccccn1)(c1ccccc1)c1ccccc1. The average molecular weight is 344 g/mol. The zero-order chi connectivity index (χ0) is 18.2. The molecule has 0 radical (unpaired) electrons. The van der Waals surface area contributed by atoms with Crippen molar-refractivity contribution >= 4 is 5.91 Å². The Labute approximate surface area is 155 Å². The first-order valence-corrected chi connectivity index (χ1v) is 9.00. The Balaban J connectivity index is 1.71. The van der Waals surface area contributed by atoms with E-state index in [4.69, 9.17) is 0 Å². The quantitative estimate of drug-likeness (QED) is 0.686. The van der Waals surface area contributed by atoms with Crippen LogP contribution in [0.1, 0.15) is 36.6 Å². The van der Waals surface area contributed by atoms with Crippen LogP contribution in [0.2, 0.25) is 0 Å². The van der Waals surface area contributed by atoms with Crippen molar-refractivity contribution in [1.29, 1.82) is 0 Å². The number of rotatable bonds is 7. The largest absolute Gasteiger partial charge is 0.343 e. The van der Waals surface area contributed by atoms with E-state index in [1.54, 1.807) is 6.20 Å². The number of carbonyl (C=O) groups is 1. The second-order valence-corrected chi connectivity index (χ2v) is 6.58. The molecular formula is C23H24N2O. The van der Waals surface area contributed by atoms with Crippen LogP contribution in [0.25, 0.3) is 0 Å². The number of nitrogens with one attached hydrogen (secondary N) is 1. The van der Waals surface area contributed by atoms with Gasteiger partial charge in [0, 0.05) is 18.3 Å². The van der Waals surface area contributed by atoms with E-state index in [1.165, 1.54) is 0 Å². The Bertz CT molecular complexity index is 777. The first kappa shape index (κ1) is 17.9. The molecule has 0 aliphatic carbocycles. The lowest BCUT2D eigenvalue weighted by molar-refractivity contribution is -0.122. The van der Waals surface area contributed by atoms with Crippen molar-refractivity contribution in [2.45, 2.75) is 31.7 Å². The maximum absolute atomic E-state index is 12.7. The molecule has 3 rings (SSSR count). The number of aromatic nitrogens is 1. The fourth-order valence-electron chi connectivity index (χ4n) is 3.17. The number of nitrogens with zero attached hydrogens (tertiary/aromatic N) is 1. The summed E-state index contributed by atoms with van der Waals surface area (Å²) < 4.78 is 0. The molecule has 1 aromatic heterocycles. The number of hydrogen-bond acceptors (Lipinski definition) is 2. The van der Waals surface area contributed by atoms with Crippen LogP contribution in [0.5, 0.6) is 0 Å². The van der Waals surface area contributed by atoms with Crippen LogP contribution in [0, 0.1) is 0 Å². The summed E-state index contributed by atoms with van der Waals surface area (Å²) in [5.74, 6) is 0.0520. The third-order valence-corrected chi connectivity index (χ3v) is 4.65. The molecule has 26 heavy (non-hydrogen) atoms. The van der Waals surface area contributed by atoms with Crippen LogP contribution in [0.4, 0.5) is 0 Å². The third-order valence-electron chi connectivity index (χ3n) is 4.65. The molecular weight excluding hydrogens is 320 g/mol. The van der Waals surface area contributed by atoms with Crippen molar-refractivity contribution in [2.24, 2.45) is 0 Å². The molecule has 3 aromatic rings. The fourth-order valence-corrected chi connectivity index (χ4v) is 3.17. The molecule has 0 spiro atoms. The first-order valence-electron chi connectivity index (χ1n) is 9.00. The number of benzene rings is 2. The number of pyridine rings is 1. The van der Waals surface area contributed by atoms with Gasteiger partial charge in [-0.05, 0) is 43.0 Å². The minimum Gasteiger partial charge on any atom is -0.343 e. The van der Waals surface area contributed by atoms with E-state index in [9.17, 15) is 4.79 Å². The molecule has 0 atom stereocenters. The van der Waals surface area contributed by atoms with E-state index < -0.39 is 5.54 Å². The van der Waals surface area contributed by atoms with Gasteiger partial charge in [-0.25, -0.2) is 0 Å². The Morgan fingerprint density at radius 2 is 1.46 bits per heavy atom. The molecule has 0 fully saturated rings. The van der Waals surface area contributed by atoms with Gasteiger partial charge in [0.1, 0.15) is 0 Å². The summed E-state index contributed by atoms with van der Waals surface area (Å²) in [6.07, 6.45) is 3.85. The summed E-state index contributed by atoms with van der Waals surface area (Å²) in [4.78, 5) is 17.0. The third kappa shape index (κ3) is 4.37. The van der Waals surface area contributed by atoms with Crippen molar-refractivity contribution in [3.63, 3.8) is 0 Å². The van der Waals surface area contributed by atoms with Crippen molar-refractivity contribution < 1.29 is 4.79 Å². The van der Waals surface area contributed by atoms with Gasteiger partial charge < -0.3 is 5.32 Å². The molecule has 132 valence electrons. The van der Waals surface area contributed by atoms with Crippen LogP contribution in [0.15, 0.2) is 85.1 Å². The highest BCUT2D eigenvalue weighted by Gasteiger charge is 2.30. The Morgan fingerprint density at radius 3 is 2.00 bits per heavy atom. The number of amides is 1. The second-order valence-electron chi connectivity index (χ2n) is 6.58. The smallest absolute Gasteiger partial charge is 0.220 e. The van der Waals surface area contributed by atoms with Crippen LogP contribution in [-0.4, -0.2) is 10.9 Å². The highest BCUT2D eigenvalue weighted by Crippen LogP contribution is 2.29. The zero-order valence-electron chi connectivity index (χ0n) is 15.1. The van der Waals surface area contributed by atoms with Crippen LogP contribution in [-0.2, 0) is 16.8 Å².